The predicted molar refractivity (Wildman–Crippen MR) is 147 cm³/mol. The first-order chi connectivity index (χ1) is 19.4. The van der Waals surface area contributed by atoms with Crippen LogP contribution in [-0.4, -0.2) is 46.7 Å². The van der Waals surface area contributed by atoms with Crippen LogP contribution in [0.25, 0.3) is 0 Å². The SMILES string of the molecule is O=C1NCc2ccc(cc2)CNC(=O)c2cncc(c2)C(=O)NCC2CCC(CC2)CNC(=O)c2cncc1c2. The zero-order chi connectivity index (χ0) is 27.9. The van der Waals surface area contributed by atoms with Crippen LogP contribution in [0.2, 0.25) is 0 Å². The molecule has 1 aliphatic carbocycles. The number of benzene rings is 1. The van der Waals surface area contributed by atoms with E-state index in [9.17, 15) is 19.2 Å². The van der Waals surface area contributed by atoms with Gasteiger partial charge in [0.1, 0.15) is 0 Å². The van der Waals surface area contributed by atoms with Crippen LogP contribution >= 0.6 is 0 Å². The Balaban J connectivity index is 1.31. The third-order valence-electron chi connectivity index (χ3n) is 7.52. The van der Waals surface area contributed by atoms with Crippen LogP contribution in [0, 0.1) is 11.8 Å². The molecule has 3 aromatic rings. The maximum Gasteiger partial charge on any atom is 0.253 e. The van der Waals surface area contributed by atoms with E-state index in [1.165, 1.54) is 24.8 Å². The van der Waals surface area contributed by atoms with Crippen molar-refractivity contribution in [3.63, 3.8) is 0 Å². The number of hydrogen-bond donors (Lipinski definition) is 4. The second-order valence-electron chi connectivity index (χ2n) is 10.4. The molecule has 1 aromatic carbocycles. The Hall–Kier alpha value is -4.60. The van der Waals surface area contributed by atoms with Crippen molar-refractivity contribution in [3.8, 4) is 0 Å². The van der Waals surface area contributed by atoms with Crippen molar-refractivity contribution in [1.82, 2.24) is 31.2 Å². The molecule has 0 saturated heterocycles. The summed E-state index contributed by atoms with van der Waals surface area (Å²) in [7, 11) is 0. The number of amides is 4. The molecule has 1 fully saturated rings. The average Bonchev–Trinajstić information content (AvgIpc) is 3.00. The number of carbonyl (C=O) groups excluding carboxylic acids is 4. The van der Waals surface area contributed by atoms with Crippen LogP contribution in [0.15, 0.2) is 61.2 Å². The minimum Gasteiger partial charge on any atom is -0.352 e. The minimum atomic E-state index is -0.318. The zero-order valence-corrected chi connectivity index (χ0v) is 22.1. The van der Waals surface area contributed by atoms with Crippen LogP contribution in [-0.2, 0) is 13.1 Å². The molecular formula is C30H32N6O4. The number of nitrogens with one attached hydrogen (secondary N) is 4. The Morgan fingerprint density at radius 1 is 0.500 bits per heavy atom. The molecule has 8 bridgehead atoms. The van der Waals surface area contributed by atoms with Gasteiger partial charge in [-0.05, 0) is 60.8 Å². The van der Waals surface area contributed by atoms with Gasteiger partial charge in [-0.3, -0.25) is 29.1 Å². The monoisotopic (exact) mass is 540 g/mol. The summed E-state index contributed by atoms with van der Waals surface area (Å²) in [6.07, 6.45) is 9.58. The number of nitrogens with zero attached hydrogens (tertiary/aromatic N) is 2. The van der Waals surface area contributed by atoms with Gasteiger partial charge in [0, 0.05) is 51.0 Å². The summed E-state index contributed by atoms with van der Waals surface area (Å²) in [6.45, 7) is 1.69. The molecule has 4 N–H and O–H groups in total. The Kier molecular flexibility index (Phi) is 8.44. The molecule has 10 nitrogen and oxygen atoms in total. The first-order valence-corrected chi connectivity index (χ1v) is 13.6. The van der Waals surface area contributed by atoms with E-state index in [4.69, 9.17) is 0 Å². The summed E-state index contributed by atoms with van der Waals surface area (Å²) >= 11 is 0. The van der Waals surface area contributed by atoms with Gasteiger partial charge in [0.05, 0.1) is 22.3 Å². The van der Waals surface area contributed by atoms with Gasteiger partial charge in [-0.2, -0.15) is 0 Å². The molecule has 206 valence electrons. The van der Waals surface area contributed by atoms with Gasteiger partial charge in [0.2, 0.25) is 0 Å². The van der Waals surface area contributed by atoms with Gasteiger partial charge in [0.15, 0.2) is 0 Å². The predicted octanol–water partition coefficient (Wildman–Crippen LogP) is 2.62. The smallest absolute Gasteiger partial charge is 0.253 e. The summed E-state index contributed by atoms with van der Waals surface area (Å²) < 4.78 is 0. The number of pyridine rings is 2. The van der Waals surface area contributed by atoms with Crippen LogP contribution in [0.4, 0.5) is 0 Å². The molecule has 4 aliphatic heterocycles. The molecule has 6 heterocycles. The van der Waals surface area contributed by atoms with Crippen molar-refractivity contribution in [2.24, 2.45) is 11.8 Å². The Morgan fingerprint density at radius 3 is 1.18 bits per heavy atom. The highest BCUT2D eigenvalue weighted by Crippen LogP contribution is 2.28. The zero-order valence-electron chi connectivity index (χ0n) is 22.1. The molecule has 40 heavy (non-hydrogen) atoms. The fraction of sp³-hybridized carbons (Fsp3) is 0.333. The lowest BCUT2D eigenvalue weighted by atomic mass is 9.82. The second kappa shape index (κ2) is 12.5. The molecule has 5 aliphatic rings. The van der Waals surface area contributed by atoms with Crippen molar-refractivity contribution < 1.29 is 19.2 Å². The van der Waals surface area contributed by atoms with Gasteiger partial charge in [-0.15, -0.1) is 0 Å². The fourth-order valence-corrected chi connectivity index (χ4v) is 5.04. The molecular weight excluding hydrogens is 508 g/mol. The van der Waals surface area contributed by atoms with Crippen molar-refractivity contribution in [3.05, 3.63) is 94.6 Å². The van der Waals surface area contributed by atoms with E-state index in [0.29, 0.717) is 60.3 Å². The van der Waals surface area contributed by atoms with Gasteiger partial charge in [-0.25, -0.2) is 0 Å². The normalized spacial score (nSPS) is 20.7. The molecule has 4 amide bonds. The highest BCUT2D eigenvalue weighted by atomic mass is 16.2. The lowest BCUT2D eigenvalue weighted by Gasteiger charge is -2.28. The minimum absolute atomic E-state index is 0.253. The van der Waals surface area contributed by atoms with Gasteiger partial charge < -0.3 is 21.3 Å². The summed E-state index contributed by atoms with van der Waals surface area (Å²) in [5, 5.41) is 11.7. The highest BCUT2D eigenvalue weighted by Gasteiger charge is 2.23. The van der Waals surface area contributed by atoms with Crippen LogP contribution in [0.1, 0.15) is 78.2 Å². The van der Waals surface area contributed by atoms with Crippen molar-refractivity contribution in [2.75, 3.05) is 13.1 Å². The third-order valence-corrected chi connectivity index (χ3v) is 7.52. The lowest BCUT2D eigenvalue weighted by Crippen LogP contribution is -2.35. The molecule has 1 saturated carbocycles. The first-order valence-electron chi connectivity index (χ1n) is 13.6. The molecule has 0 atom stereocenters. The van der Waals surface area contributed by atoms with Crippen LogP contribution in [0.5, 0.6) is 0 Å². The summed E-state index contributed by atoms with van der Waals surface area (Å²) in [5.41, 5.74) is 3.07. The molecule has 8 rings (SSSR count). The molecule has 0 unspecified atom stereocenters. The van der Waals surface area contributed by atoms with Gasteiger partial charge in [0.25, 0.3) is 23.6 Å². The van der Waals surface area contributed by atoms with E-state index in [0.717, 1.165) is 36.8 Å². The average molecular weight is 541 g/mol. The lowest BCUT2D eigenvalue weighted by molar-refractivity contribution is 0.0920. The third kappa shape index (κ3) is 6.88. The topological polar surface area (TPSA) is 142 Å². The maximum absolute atomic E-state index is 12.8. The molecule has 10 heteroatoms. The standard InChI is InChI=1S/C30H32N6O4/c37-27-23-9-25(17-31-15-23)29(39)35-13-21-5-7-22(8-6-21)14-36-30(40)26-10-24(16-32-18-26)28(38)34-12-20-2-1-19(3-4-20)11-33-27/h1-4,9-10,15-18,21-22H,5-8,11-14H2,(H,33,37)(H,34,38)(H,35,39)(H,36,40). The number of carbonyl (C=O) groups is 4. The van der Waals surface area contributed by atoms with E-state index < -0.39 is 0 Å². The largest absolute Gasteiger partial charge is 0.352 e. The van der Waals surface area contributed by atoms with Gasteiger partial charge in [-0.1, -0.05) is 24.3 Å². The Morgan fingerprint density at radius 2 is 0.825 bits per heavy atom. The molecule has 0 radical (unpaired) electrons. The molecule has 0 spiro atoms. The van der Waals surface area contributed by atoms with Crippen molar-refractivity contribution in [1.29, 1.82) is 0 Å². The van der Waals surface area contributed by atoms with Crippen LogP contribution < -0.4 is 21.3 Å². The fourth-order valence-electron chi connectivity index (χ4n) is 5.04. The quantitative estimate of drug-likeness (QED) is 0.345. The first kappa shape index (κ1) is 27.0. The van der Waals surface area contributed by atoms with E-state index in [2.05, 4.69) is 31.2 Å². The highest BCUT2D eigenvalue weighted by molar-refractivity contribution is 6.00. The van der Waals surface area contributed by atoms with E-state index in [1.54, 1.807) is 12.1 Å². The van der Waals surface area contributed by atoms with Crippen molar-refractivity contribution in [2.45, 2.75) is 38.8 Å². The maximum atomic E-state index is 12.8. The molecule has 2 aromatic heterocycles. The van der Waals surface area contributed by atoms with Crippen molar-refractivity contribution >= 4 is 23.6 Å². The van der Waals surface area contributed by atoms with Crippen LogP contribution in [0.3, 0.4) is 0 Å². The van der Waals surface area contributed by atoms with E-state index >= 15 is 0 Å². The Labute approximate surface area is 232 Å². The summed E-state index contributed by atoms with van der Waals surface area (Å²) in [6, 6.07) is 10.6. The van der Waals surface area contributed by atoms with E-state index in [-0.39, 0.29) is 23.6 Å². The summed E-state index contributed by atoms with van der Waals surface area (Å²) in [5.74, 6) is -0.449. The number of rotatable bonds is 0. The number of aromatic nitrogens is 2. The summed E-state index contributed by atoms with van der Waals surface area (Å²) in [4.78, 5) is 59.2. The Bertz CT molecular complexity index is 1290. The van der Waals surface area contributed by atoms with E-state index in [1.807, 2.05) is 24.3 Å². The van der Waals surface area contributed by atoms with Gasteiger partial charge >= 0.3 is 0 Å². The second-order valence-corrected chi connectivity index (χ2v) is 10.4. The number of hydrogen-bond acceptors (Lipinski definition) is 6.